The van der Waals surface area contributed by atoms with Gasteiger partial charge in [-0.2, -0.15) is 0 Å². The van der Waals surface area contributed by atoms with E-state index in [1.165, 1.54) is 28.8 Å². The summed E-state index contributed by atoms with van der Waals surface area (Å²) in [6.45, 7) is 10.9. The highest BCUT2D eigenvalue weighted by Crippen LogP contribution is 2.46. The van der Waals surface area contributed by atoms with Crippen LogP contribution in [-0.4, -0.2) is 0 Å². The molecule has 0 N–H and O–H groups in total. The minimum atomic E-state index is -0.111. The van der Waals surface area contributed by atoms with Gasteiger partial charge in [0, 0.05) is 15.3 Å². The van der Waals surface area contributed by atoms with Crippen molar-refractivity contribution in [3.63, 3.8) is 0 Å². The van der Waals surface area contributed by atoms with Crippen LogP contribution in [0.5, 0.6) is 0 Å². The lowest BCUT2D eigenvalue weighted by atomic mass is 9.81. The van der Waals surface area contributed by atoms with Gasteiger partial charge in [-0.1, -0.05) is 6.92 Å². The van der Waals surface area contributed by atoms with Crippen molar-refractivity contribution < 1.29 is 4.74 Å². The predicted octanol–water partition coefficient (Wildman–Crippen LogP) is 5.11. The summed E-state index contributed by atoms with van der Waals surface area (Å²) in [5, 5.41) is 0. The van der Waals surface area contributed by atoms with E-state index in [0.717, 1.165) is 18.6 Å². The average Bonchev–Trinajstić information content (AvgIpc) is 2.66. The summed E-state index contributed by atoms with van der Waals surface area (Å²) in [5.74, 6) is 1.04. The van der Waals surface area contributed by atoms with Gasteiger partial charge in [-0.3, -0.25) is 0 Å². The molecule has 1 unspecified atom stereocenters. The lowest BCUT2D eigenvalue weighted by Crippen LogP contribution is -2.30. The fourth-order valence-corrected chi connectivity index (χ4v) is 4.51. The van der Waals surface area contributed by atoms with Gasteiger partial charge in [0.1, 0.15) is 5.60 Å². The molecule has 100 valence electrons. The highest BCUT2D eigenvalue weighted by atomic mass is 32.1. The highest BCUT2D eigenvalue weighted by Gasteiger charge is 2.37. The van der Waals surface area contributed by atoms with Gasteiger partial charge in [-0.25, -0.2) is 0 Å². The number of ether oxygens (including phenoxy) is 1. The third-order valence-corrected chi connectivity index (χ3v) is 5.22. The number of fused-ring (bicyclic) bond motifs is 1. The van der Waals surface area contributed by atoms with Crippen LogP contribution >= 0.6 is 11.3 Å². The third kappa shape index (κ3) is 2.23. The molecule has 1 aliphatic rings. The summed E-state index contributed by atoms with van der Waals surface area (Å²) in [4.78, 5) is 3.04. The van der Waals surface area contributed by atoms with Crippen molar-refractivity contribution in [3.05, 3.63) is 32.7 Å². The summed E-state index contributed by atoms with van der Waals surface area (Å²) in [7, 11) is 0. The molecular weight excluding hydrogens is 240 g/mol. The number of rotatable bonds is 3. The van der Waals surface area contributed by atoms with E-state index in [1.54, 1.807) is 4.88 Å². The SMILES string of the molecule is CC=C(C)OC1(C)CCCc2sc(C)c(CC)c21. The van der Waals surface area contributed by atoms with Crippen molar-refractivity contribution in [2.45, 2.75) is 65.9 Å². The summed E-state index contributed by atoms with van der Waals surface area (Å²) in [6, 6.07) is 0. The number of hydrogen-bond acceptors (Lipinski definition) is 2. The Balaban J connectivity index is 2.49. The average molecular weight is 264 g/mol. The standard InChI is InChI=1S/C16H24OS/c1-6-11(3)17-16(5)10-8-9-14-15(16)13(7-2)12(4)18-14/h6H,7-10H2,1-5H3. The fraction of sp³-hybridized carbons (Fsp3) is 0.625. The molecular formula is C16H24OS. The quantitative estimate of drug-likeness (QED) is 0.689. The molecule has 0 spiro atoms. The molecule has 0 aromatic carbocycles. The van der Waals surface area contributed by atoms with Gasteiger partial charge in [0.15, 0.2) is 0 Å². The van der Waals surface area contributed by atoms with Gasteiger partial charge in [0.25, 0.3) is 0 Å². The molecule has 1 aromatic heterocycles. The molecule has 2 heteroatoms. The zero-order valence-corrected chi connectivity index (χ0v) is 13.0. The molecule has 1 atom stereocenters. The maximum absolute atomic E-state index is 6.28. The van der Waals surface area contributed by atoms with Crippen LogP contribution in [-0.2, 0) is 23.2 Å². The van der Waals surface area contributed by atoms with Crippen molar-refractivity contribution in [1.82, 2.24) is 0 Å². The maximum Gasteiger partial charge on any atom is 0.132 e. The summed E-state index contributed by atoms with van der Waals surface area (Å²) >= 11 is 1.98. The zero-order valence-electron chi connectivity index (χ0n) is 12.2. The fourth-order valence-electron chi connectivity index (χ4n) is 3.09. The third-order valence-electron chi connectivity index (χ3n) is 4.01. The van der Waals surface area contributed by atoms with Crippen LogP contribution in [0, 0.1) is 6.92 Å². The first kappa shape index (κ1) is 13.7. The van der Waals surface area contributed by atoms with Crippen molar-refractivity contribution in [2.24, 2.45) is 0 Å². The molecule has 1 nitrogen and oxygen atoms in total. The van der Waals surface area contributed by atoms with Crippen molar-refractivity contribution in [3.8, 4) is 0 Å². The Morgan fingerprint density at radius 1 is 1.50 bits per heavy atom. The molecule has 0 bridgehead atoms. The van der Waals surface area contributed by atoms with E-state index in [0.29, 0.717) is 0 Å². The monoisotopic (exact) mass is 264 g/mol. The van der Waals surface area contributed by atoms with Crippen molar-refractivity contribution in [2.75, 3.05) is 0 Å². The van der Waals surface area contributed by atoms with Crippen molar-refractivity contribution >= 4 is 11.3 Å². The zero-order chi connectivity index (χ0) is 13.3. The second-order valence-corrected chi connectivity index (χ2v) is 6.68. The van der Waals surface area contributed by atoms with E-state index in [-0.39, 0.29) is 5.60 Å². The van der Waals surface area contributed by atoms with Gasteiger partial charge in [0.05, 0.1) is 5.76 Å². The van der Waals surface area contributed by atoms with E-state index in [1.807, 2.05) is 18.3 Å². The summed E-state index contributed by atoms with van der Waals surface area (Å²) in [6.07, 6.45) is 6.78. The van der Waals surface area contributed by atoms with Crippen LogP contribution in [0.3, 0.4) is 0 Å². The molecule has 0 saturated carbocycles. The Labute approximate surface area is 115 Å². The van der Waals surface area contributed by atoms with Gasteiger partial charge in [0.2, 0.25) is 0 Å². The molecule has 0 radical (unpaired) electrons. The number of thiophene rings is 1. The second-order valence-electron chi connectivity index (χ2n) is 5.37. The van der Waals surface area contributed by atoms with Crippen LogP contribution in [0.15, 0.2) is 11.8 Å². The molecule has 0 amide bonds. The van der Waals surface area contributed by atoms with E-state index in [4.69, 9.17) is 4.74 Å². The van der Waals surface area contributed by atoms with E-state index in [9.17, 15) is 0 Å². The van der Waals surface area contributed by atoms with E-state index >= 15 is 0 Å². The maximum atomic E-state index is 6.28. The lowest BCUT2D eigenvalue weighted by Gasteiger charge is -2.36. The number of allylic oxidation sites excluding steroid dienone is 2. The second kappa shape index (κ2) is 5.08. The van der Waals surface area contributed by atoms with Crippen LogP contribution in [0.25, 0.3) is 0 Å². The Morgan fingerprint density at radius 2 is 2.22 bits per heavy atom. The Bertz CT molecular complexity index is 470. The van der Waals surface area contributed by atoms with E-state index in [2.05, 4.69) is 33.8 Å². The largest absolute Gasteiger partial charge is 0.488 e. The highest BCUT2D eigenvalue weighted by molar-refractivity contribution is 7.12. The first-order valence-corrected chi connectivity index (χ1v) is 7.77. The lowest BCUT2D eigenvalue weighted by molar-refractivity contribution is -0.000198. The molecule has 1 heterocycles. The summed E-state index contributed by atoms with van der Waals surface area (Å²) < 4.78 is 6.28. The number of aryl methyl sites for hydroxylation is 2. The smallest absolute Gasteiger partial charge is 0.132 e. The van der Waals surface area contributed by atoms with E-state index < -0.39 is 0 Å². The summed E-state index contributed by atoms with van der Waals surface area (Å²) in [5.41, 5.74) is 2.92. The Kier molecular flexibility index (Phi) is 3.86. The predicted molar refractivity (Wildman–Crippen MR) is 79.2 cm³/mol. The molecule has 0 saturated heterocycles. The first-order chi connectivity index (χ1) is 8.51. The Morgan fingerprint density at radius 3 is 2.83 bits per heavy atom. The van der Waals surface area contributed by atoms with Gasteiger partial charge < -0.3 is 4.74 Å². The van der Waals surface area contributed by atoms with Gasteiger partial charge in [-0.15, -0.1) is 11.3 Å². The first-order valence-electron chi connectivity index (χ1n) is 6.95. The number of hydrogen-bond donors (Lipinski definition) is 0. The normalized spacial score (nSPS) is 23.9. The molecule has 0 aliphatic heterocycles. The molecule has 1 aliphatic carbocycles. The van der Waals surface area contributed by atoms with Crippen LogP contribution < -0.4 is 0 Å². The molecule has 2 rings (SSSR count). The molecule has 0 fully saturated rings. The van der Waals surface area contributed by atoms with Crippen molar-refractivity contribution in [1.29, 1.82) is 0 Å². The van der Waals surface area contributed by atoms with Gasteiger partial charge >= 0.3 is 0 Å². The molecule has 18 heavy (non-hydrogen) atoms. The van der Waals surface area contributed by atoms with Crippen LogP contribution in [0.4, 0.5) is 0 Å². The van der Waals surface area contributed by atoms with Crippen LogP contribution in [0.1, 0.15) is 61.4 Å². The Hall–Kier alpha value is -0.760. The van der Waals surface area contributed by atoms with Gasteiger partial charge in [-0.05, 0) is 65.0 Å². The topological polar surface area (TPSA) is 9.23 Å². The minimum Gasteiger partial charge on any atom is -0.488 e. The molecule has 1 aromatic rings. The van der Waals surface area contributed by atoms with Crippen LogP contribution in [0.2, 0.25) is 0 Å². The minimum absolute atomic E-state index is 0.111.